The molecular weight excluding hydrogens is 278 g/mol. The highest BCUT2D eigenvalue weighted by molar-refractivity contribution is 6.04. The number of piperidine rings is 1. The van der Waals surface area contributed by atoms with E-state index in [4.69, 9.17) is 0 Å². The van der Waals surface area contributed by atoms with Crippen LogP contribution in [0.15, 0.2) is 29.1 Å². The first-order chi connectivity index (χ1) is 10.6. The van der Waals surface area contributed by atoms with Crippen molar-refractivity contribution in [3.05, 3.63) is 40.3 Å². The summed E-state index contributed by atoms with van der Waals surface area (Å²) in [4.78, 5) is 27.2. The minimum atomic E-state index is -0.138. The zero-order valence-corrected chi connectivity index (χ0v) is 13.1. The van der Waals surface area contributed by atoms with Crippen molar-refractivity contribution in [2.45, 2.75) is 45.7 Å². The molecule has 1 atom stereocenters. The second-order valence-electron chi connectivity index (χ2n) is 5.86. The minimum absolute atomic E-state index is 0.0643. The van der Waals surface area contributed by atoms with Crippen LogP contribution in [0.4, 0.5) is 0 Å². The third-order valence-electron chi connectivity index (χ3n) is 4.43. The van der Waals surface area contributed by atoms with Crippen LogP contribution in [0, 0.1) is 0 Å². The van der Waals surface area contributed by atoms with E-state index in [1.807, 2.05) is 30.0 Å². The molecule has 1 fully saturated rings. The van der Waals surface area contributed by atoms with Crippen molar-refractivity contribution in [2.24, 2.45) is 0 Å². The van der Waals surface area contributed by atoms with Crippen LogP contribution in [-0.4, -0.2) is 33.2 Å². The summed E-state index contributed by atoms with van der Waals surface area (Å²) in [5, 5.41) is 5.56. The van der Waals surface area contributed by atoms with E-state index >= 15 is 0 Å². The lowest BCUT2D eigenvalue weighted by Gasteiger charge is -2.33. The molecule has 5 heteroatoms. The first kappa shape index (κ1) is 14.8. The van der Waals surface area contributed by atoms with E-state index in [-0.39, 0.29) is 17.5 Å². The van der Waals surface area contributed by atoms with E-state index in [2.05, 4.69) is 12.0 Å². The van der Waals surface area contributed by atoms with Gasteiger partial charge in [-0.2, -0.15) is 5.10 Å². The number of likely N-dealkylation sites (tertiary alicyclic amines) is 1. The summed E-state index contributed by atoms with van der Waals surface area (Å²) in [5.41, 5.74) is 0.257. The number of nitrogens with zero attached hydrogens (tertiary/aromatic N) is 3. The maximum atomic E-state index is 13.0. The Morgan fingerprint density at radius 1 is 1.27 bits per heavy atom. The average molecular weight is 299 g/mol. The van der Waals surface area contributed by atoms with Gasteiger partial charge >= 0.3 is 0 Å². The van der Waals surface area contributed by atoms with Gasteiger partial charge < -0.3 is 4.90 Å². The molecule has 116 valence electrons. The Morgan fingerprint density at radius 3 is 2.68 bits per heavy atom. The highest BCUT2D eigenvalue weighted by atomic mass is 16.2. The maximum absolute atomic E-state index is 13.0. The summed E-state index contributed by atoms with van der Waals surface area (Å²) in [7, 11) is 0. The number of aromatic nitrogens is 2. The van der Waals surface area contributed by atoms with Crippen LogP contribution in [0.2, 0.25) is 0 Å². The Balaban J connectivity index is 2.15. The van der Waals surface area contributed by atoms with E-state index < -0.39 is 0 Å². The third kappa shape index (κ3) is 2.40. The Bertz CT molecular complexity index is 766. The van der Waals surface area contributed by atoms with Gasteiger partial charge in [0.1, 0.15) is 0 Å². The summed E-state index contributed by atoms with van der Waals surface area (Å²) >= 11 is 0. The van der Waals surface area contributed by atoms with Crippen molar-refractivity contribution >= 4 is 16.7 Å². The van der Waals surface area contributed by atoms with Gasteiger partial charge in [0.05, 0.1) is 5.39 Å². The smallest absolute Gasteiger partial charge is 0.275 e. The van der Waals surface area contributed by atoms with Crippen molar-refractivity contribution < 1.29 is 4.79 Å². The fraction of sp³-hybridized carbons (Fsp3) is 0.471. The summed E-state index contributed by atoms with van der Waals surface area (Å²) in [5.74, 6) is -0.0643. The fourth-order valence-corrected chi connectivity index (χ4v) is 3.14. The topological polar surface area (TPSA) is 55.2 Å². The van der Waals surface area contributed by atoms with Gasteiger partial charge in [0, 0.05) is 24.5 Å². The quantitative estimate of drug-likeness (QED) is 0.856. The Morgan fingerprint density at radius 2 is 2.00 bits per heavy atom. The number of hydrogen-bond donors (Lipinski definition) is 0. The van der Waals surface area contributed by atoms with Crippen LogP contribution in [0.5, 0.6) is 0 Å². The standard InChI is InChI=1S/C17H21N3O2/c1-3-20-16(21)14-10-5-4-9-13(14)15(18-20)17(22)19-11-7-6-8-12(19)2/h4-5,9-10,12H,3,6-8,11H2,1-2H3/t12-/m1/s1. The number of carbonyl (C=O) groups excluding carboxylic acids is 1. The van der Waals surface area contributed by atoms with E-state index in [1.54, 1.807) is 6.07 Å². The largest absolute Gasteiger partial charge is 0.335 e. The number of benzene rings is 1. The maximum Gasteiger partial charge on any atom is 0.275 e. The molecule has 1 aromatic carbocycles. The molecule has 0 unspecified atom stereocenters. The van der Waals surface area contributed by atoms with Crippen molar-refractivity contribution in [3.63, 3.8) is 0 Å². The van der Waals surface area contributed by atoms with Gasteiger partial charge in [0.15, 0.2) is 5.69 Å². The minimum Gasteiger partial charge on any atom is -0.335 e. The zero-order valence-electron chi connectivity index (χ0n) is 13.1. The molecule has 3 rings (SSSR count). The van der Waals surface area contributed by atoms with Crippen LogP contribution in [-0.2, 0) is 6.54 Å². The number of amides is 1. The van der Waals surface area contributed by atoms with E-state index in [0.29, 0.717) is 23.0 Å². The molecule has 0 radical (unpaired) electrons. The van der Waals surface area contributed by atoms with Crippen LogP contribution < -0.4 is 5.56 Å². The molecule has 0 bridgehead atoms. The molecule has 1 aliphatic heterocycles. The Labute approximate surface area is 129 Å². The number of fused-ring (bicyclic) bond motifs is 1. The fourth-order valence-electron chi connectivity index (χ4n) is 3.14. The summed E-state index contributed by atoms with van der Waals surface area (Å²) in [6.45, 7) is 5.16. The molecule has 2 aromatic rings. The van der Waals surface area contributed by atoms with Crippen LogP contribution in [0.25, 0.3) is 10.8 Å². The van der Waals surface area contributed by atoms with Crippen molar-refractivity contribution in [2.75, 3.05) is 6.54 Å². The summed E-state index contributed by atoms with van der Waals surface area (Å²) < 4.78 is 1.38. The molecule has 22 heavy (non-hydrogen) atoms. The molecule has 1 aliphatic rings. The first-order valence-corrected chi connectivity index (χ1v) is 7.94. The Kier molecular flexibility index (Phi) is 3.96. The van der Waals surface area contributed by atoms with Gasteiger partial charge in [-0.25, -0.2) is 4.68 Å². The number of carbonyl (C=O) groups is 1. The first-order valence-electron chi connectivity index (χ1n) is 7.94. The predicted molar refractivity (Wildman–Crippen MR) is 86.0 cm³/mol. The van der Waals surface area contributed by atoms with E-state index in [9.17, 15) is 9.59 Å². The van der Waals surface area contributed by atoms with Gasteiger partial charge in [-0.15, -0.1) is 0 Å². The van der Waals surface area contributed by atoms with Crippen LogP contribution in [0.3, 0.4) is 0 Å². The highest BCUT2D eigenvalue weighted by Gasteiger charge is 2.27. The Hall–Kier alpha value is -2.17. The molecule has 1 saturated heterocycles. The lowest BCUT2D eigenvalue weighted by Crippen LogP contribution is -2.43. The third-order valence-corrected chi connectivity index (χ3v) is 4.43. The number of aryl methyl sites for hydroxylation is 1. The zero-order chi connectivity index (χ0) is 15.7. The molecule has 1 aromatic heterocycles. The number of hydrogen-bond acceptors (Lipinski definition) is 3. The summed E-state index contributed by atoms with van der Waals surface area (Å²) in [6, 6.07) is 7.47. The SMILES string of the molecule is CCn1nc(C(=O)N2CCCC[C@H]2C)c2ccccc2c1=O. The molecule has 2 heterocycles. The van der Waals surface area contributed by atoms with Gasteiger partial charge in [-0.05, 0) is 39.2 Å². The second kappa shape index (κ2) is 5.91. The second-order valence-corrected chi connectivity index (χ2v) is 5.86. The molecule has 0 aliphatic carbocycles. The normalized spacial score (nSPS) is 18.6. The van der Waals surface area contributed by atoms with Gasteiger partial charge in [-0.1, -0.05) is 18.2 Å². The number of rotatable bonds is 2. The lowest BCUT2D eigenvalue weighted by atomic mass is 10.0. The lowest BCUT2D eigenvalue weighted by molar-refractivity contribution is 0.0629. The predicted octanol–water partition coefficient (Wildman–Crippen LogP) is 2.43. The van der Waals surface area contributed by atoms with Crippen LogP contribution in [0.1, 0.15) is 43.6 Å². The molecule has 0 saturated carbocycles. The van der Waals surface area contributed by atoms with E-state index in [0.717, 1.165) is 25.8 Å². The molecule has 0 N–H and O–H groups in total. The summed E-state index contributed by atoms with van der Waals surface area (Å²) in [6.07, 6.45) is 3.21. The van der Waals surface area contributed by atoms with Crippen molar-refractivity contribution in [1.29, 1.82) is 0 Å². The van der Waals surface area contributed by atoms with E-state index in [1.165, 1.54) is 4.68 Å². The molecule has 1 amide bonds. The van der Waals surface area contributed by atoms with Gasteiger partial charge in [0.25, 0.3) is 11.5 Å². The van der Waals surface area contributed by atoms with Crippen molar-refractivity contribution in [3.8, 4) is 0 Å². The highest BCUT2D eigenvalue weighted by Crippen LogP contribution is 2.21. The van der Waals surface area contributed by atoms with Crippen LogP contribution >= 0.6 is 0 Å². The van der Waals surface area contributed by atoms with Gasteiger partial charge in [-0.3, -0.25) is 9.59 Å². The van der Waals surface area contributed by atoms with Gasteiger partial charge in [0.2, 0.25) is 0 Å². The molecular formula is C17H21N3O2. The monoisotopic (exact) mass is 299 g/mol. The molecule has 0 spiro atoms. The molecule has 5 nitrogen and oxygen atoms in total. The average Bonchev–Trinajstić information content (AvgIpc) is 2.55. The van der Waals surface area contributed by atoms with Crippen molar-refractivity contribution in [1.82, 2.24) is 14.7 Å².